The SMILES string of the molecule is CC1CC(=O)C2=C(C1)C(C)(C)CCC2(C)C. The Bertz CT molecular complexity index is 358. The summed E-state index contributed by atoms with van der Waals surface area (Å²) in [6.07, 6.45) is 4.27. The average molecular weight is 220 g/mol. The van der Waals surface area contributed by atoms with E-state index in [0.29, 0.717) is 11.7 Å². The zero-order valence-electron chi connectivity index (χ0n) is 11.3. The van der Waals surface area contributed by atoms with Crippen LogP contribution in [0.15, 0.2) is 11.1 Å². The van der Waals surface area contributed by atoms with E-state index in [-0.39, 0.29) is 10.8 Å². The molecule has 0 saturated carbocycles. The van der Waals surface area contributed by atoms with Crippen LogP contribution < -0.4 is 0 Å². The smallest absolute Gasteiger partial charge is 0.159 e. The first-order valence-corrected chi connectivity index (χ1v) is 6.51. The van der Waals surface area contributed by atoms with Crippen LogP contribution in [0.5, 0.6) is 0 Å². The van der Waals surface area contributed by atoms with Crippen molar-refractivity contribution in [3.05, 3.63) is 11.1 Å². The average Bonchev–Trinajstić information content (AvgIpc) is 2.11. The van der Waals surface area contributed by atoms with Gasteiger partial charge in [-0.1, -0.05) is 40.2 Å². The van der Waals surface area contributed by atoms with Crippen LogP contribution in [0.3, 0.4) is 0 Å². The maximum atomic E-state index is 12.3. The predicted octanol–water partition coefficient (Wildman–Crippen LogP) is 4.13. The van der Waals surface area contributed by atoms with Crippen LogP contribution in [-0.2, 0) is 4.79 Å². The molecule has 2 aliphatic carbocycles. The highest BCUT2D eigenvalue weighted by molar-refractivity contribution is 5.98. The van der Waals surface area contributed by atoms with Crippen molar-refractivity contribution >= 4 is 5.78 Å². The third-order valence-electron chi connectivity index (χ3n) is 4.54. The summed E-state index contributed by atoms with van der Waals surface area (Å²) in [5.41, 5.74) is 3.01. The van der Waals surface area contributed by atoms with Gasteiger partial charge in [0.2, 0.25) is 0 Å². The number of carbonyl (C=O) groups excluding carboxylic acids is 1. The second kappa shape index (κ2) is 3.45. The molecule has 0 radical (unpaired) electrons. The van der Waals surface area contributed by atoms with Gasteiger partial charge < -0.3 is 0 Å². The lowest BCUT2D eigenvalue weighted by molar-refractivity contribution is -0.118. The lowest BCUT2D eigenvalue weighted by atomic mass is 9.58. The van der Waals surface area contributed by atoms with Gasteiger partial charge in [0.05, 0.1) is 0 Å². The van der Waals surface area contributed by atoms with Crippen LogP contribution in [0.2, 0.25) is 0 Å². The van der Waals surface area contributed by atoms with Crippen molar-refractivity contribution in [2.75, 3.05) is 0 Å². The third kappa shape index (κ3) is 1.74. The molecule has 16 heavy (non-hydrogen) atoms. The Morgan fingerprint density at radius 2 is 1.56 bits per heavy atom. The zero-order valence-corrected chi connectivity index (χ0v) is 11.3. The van der Waals surface area contributed by atoms with Crippen LogP contribution in [0.1, 0.15) is 60.3 Å². The van der Waals surface area contributed by atoms with Gasteiger partial charge in [0.25, 0.3) is 0 Å². The molecule has 0 spiro atoms. The van der Waals surface area contributed by atoms with Crippen molar-refractivity contribution in [3.8, 4) is 0 Å². The van der Waals surface area contributed by atoms with Crippen molar-refractivity contribution in [1.82, 2.24) is 0 Å². The van der Waals surface area contributed by atoms with Gasteiger partial charge in [-0.2, -0.15) is 0 Å². The van der Waals surface area contributed by atoms with Gasteiger partial charge in [0.1, 0.15) is 0 Å². The highest BCUT2D eigenvalue weighted by atomic mass is 16.1. The molecular weight excluding hydrogens is 196 g/mol. The van der Waals surface area contributed by atoms with Crippen molar-refractivity contribution < 1.29 is 4.79 Å². The van der Waals surface area contributed by atoms with Crippen LogP contribution in [0, 0.1) is 16.7 Å². The quantitative estimate of drug-likeness (QED) is 0.600. The Morgan fingerprint density at radius 3 is 2.19 bits per heavy atom. The molecule has 1 heteroatoms. The van der Waals surface area contributed by atoms with Gasteiger partial charge >= 0.3 is 0 Å². The van der Waals surface area contributed by atoms with E-state index in [1.807, 2.05) is 0 Å². The topological polar surface area (TPSA) is 17.1 Å². The Labute approximate surface area is 99.3 Å². The van der Waals surface area contributed by atoms with Crippen LogP contribution in [0.25, 0.3) is 0 Å². The molecular formula is C15H24O. The highest BCUT2D eigenvalue weighted by Crippen LogP contribution is 2.53. The molecule has 1 nitrogen and oxygen atoms in total. The van der Waals surface area contributed by atoms with E-state index in [4.69, 9.17) is 0 Å². The van der Waals surface area contributed by atoms with E-state index in [9.17, 15) is 4.79 Å². The number of ketones is 1. The van der Waals surface area contributed by atoms with E-state index < -0.39 is 0 Å². The minimum absolute atomic E-state index is 0.113. The van der Waals surface area contributed by atoms with Gasteiger partial charge in [-0.25, -0.2) is 0 Å². The molecule has 0 aromatic carbocycles. The molecule has 2 aliphatic rings. The first-order valence-electron chi connectivity index (χ1n) is 6.51. The van der Waals surface area contributed by atoms with E-state index in [0.717, 1.165) is 19.3 Å². The van der Waals surface area contributed by atoms with E-state index >= 15 is 0 Å². The second-order valence-electron chi connectivity index (χ2n) is 7.06. The van der Waals surface area contributed by atoms with Crippen molar-refractivity contribution in [2.24, 2.45) is 16.7 Å². The van der Waals surface area contributed by atoms with Crippen LogP contribution >= 0.6 is 0 Å². The van der Waals surface area contributed by atoms with E-state index in [2.05, 4.69) is 34.6 Å². The third-order valence-corrected chi connectivity index (χ3v) is 4.54. The summed E-state index contributed by atoms with van der Waals surface area (Å²) in [6, 6.07) is 0. The molecule has 0 heterocycles. The summed E-state index contributed by atoms with van der Waals surface area (Å²) in [7, 11) is 0. The fourth-order valence-electron chi connectivity index (χ4n) is 3.41. The fraction of sp³-hybridized carbons (Fsp3) is 0.800. The van der Waals surface area contributed by atoms with Gasteiger partial charge in [-0.15, -0.1) is 0 Å². The van der Waals surface area contributed by atoms with Crippen molar-refractivity contribution in [1.29, 1.82) is 0 Å². The number of rotatable bonds is 0. The summed E-state index contributed by atoms with van der Waals surface area (Å²) in [6.45, 7) is 11.3. The Balaban J connectivity index is 2.56. The molecule has 90 valence electrons. The first kappa shape index (κ1) is 11.9. The fourth-order valence-corrected chi connectivity index (χ4v) is 3.41. The molecule has 0 aromatic heterocycles. The summed E-state index contributed by atoms with van der Waals surface area (Å²) in [5.74, 6) is 0.964. The molecule has 0 fully saturated rings. The Morgan fingerprint density at radius 1 is 1.00 bits per heavy atom. The molecule has 1 unspecified atom stereocenters. The maximum Gasteiger partial charge on any atom is 0.159 e. The maximum absolute atomic E-state index is 12.3. The van der Waals surface area contributed by atoms with Gasteiger partial charge in [0.15, 0.2) is 5.78 Å². The highest BCUT2D eigenvalue weighted by Gasteiger charge is 2.44. The number of hydrogen-bond acceptors (Lipinski definition) is 1. The molecule has 2 rings (SSSR count). The Kier molecular flexibility index (Phi) is 2.56. The van der Waals surface area contributed by atoms with Gasteiger partial charge in [0, 0.05) is 12.0 Å². The Hall–Kier alpha value is -0.590. The van der Waals surface area contributed by atoms with Crippen molar-refractivity contribution in [3.63, 3.8) is 0 Å². The van der Waals surface area contributed by atoms with Crippen LogP contribution in [-0.4, -0.2) is 5.78 Å². The number of hydrogen-bond donors (Lipinski definition) is 0. The molecule has 0 aromatic rings. The van der Waals surface area contributed by atoms with Crippen LogP contribution in [0.4, 0.5) is 0 Å². The lowest BCUT2D eigenvalue weighted by Gasteiger charge is -2.46. The molecule has 1 atom stereocenters. The van der Waals surface area contributed by atoms with Gasteiger partial charge in [-0.05, 0) is 36.0 Å². The zero-order chi connectivity index (χ0) is 12.1. The first-order chi connectivity index (χ1) is 7.24. The molecule has 0 aliphatic heterocycles. The molecule has 0 saturated heterocycles. The monoisotopic (exact) mass is 220 g/mol. The molecule has 0 N–H and O–H groups in total. The van der Waals surface area contributed by atoms with Gasteiger partial charge in [-0.3, -0.25) is 4.79 Å². The summed E-state index contributed by atoms with van der Waals surface area (Å²) < 4.78 is 0. The number of carbonyl (C=O) groups is 1. The number of allylic oxidation sites excluding steroid dienone is 2. The number of Topliss-reactive ketones (excluding diaryl/α,β-unsaturated/α-hetero) is 1. The lowest BCUT2D eigenvalue weighted by Crippen LogP contribution is -2.38. The normalized spacial score (nSPS) is 32.6. The van der Waals surface area contributed by atoms with E-state index in [1.54, 1.807) is 0 Å². The molecule has 0 bridgehead atoms. The summed E-state index contributed by atoms with van der Waals surface area (Å²) >= 11 is 0. The second-order valence-corrected chi connectivity index (χ2v) is 7.06. The summed E-state index contributed by atoms with van der Waals surface area (Å²) in [5, 5.41) is 0. The standard InChI is InChI=1S/C15H24O/c1-10-8-11-13(12(16)9-10)15(4,5)7-6-14(11,2)3/h10H,6-9H2,1-5H3. The molecule has 0 amide bonds. The minimum atomic E-state index is 0.113. The largest absolute Gasteiger partial charge is 0.295 e. The minimum Gasteiger partial charge on any atom is -0.295 e. The summed E-state index contributed by atoms with van der Waals surface area (Å²) in [4.78, 5) is 12.3. The van der Waals surface area contributed by atoms with E-state index in [1.165, 1.54) is 17.6 Å². The predicted molar refractivity (Wildman–Crippen MR) is 67.2 cm³/mol. The van der Waals surface area contributed by atoms with Crippen molar-refractivity contribution in [2.45, 2.75) is 60.3 Å².